The molecule has 1 aromatic rings. The molecule has 0 unspecified atom stereocenters. The molecule has 0 radical (unpaired) electrons. The molecule has 2 rings (SSSR count). The van der Waals surface area contributed by atoms with Crippen LogP contribution in [0, 0.1) is 5.92 Å². The Morgan fingerprint density at radius 1 is 1.30 bits per heavy atom. The van der Waals surface area contributed by atoms with E-state index in [9.17, 15) is 9.59 Å². The maximum absolute atomic E-state index is 13.0. The van der Waals surface area contributed by atoms with Gasteiger partial charge in [-0.05, 0) is 31.7 Å². The first kappa shape index (κ1) is 21.9. The van der Waals surface area contributed by atoms with Gasteiger partial charge < -0.3 is 14.6 Å². The van der Waals surface area contributed by atoms with Crippen molar-refractivity contribution in [2.24, 2.45) is 5.92 Å². The first-order valence-corrected chi connectivity index (χ1v) is 11.0. The summed E-state index contributed by atoms with van der Waals surface area (Å²) < 4.78 is 5.59. The molecule has 1 aliphatic rings. The van der Waals surface area contributed by atoms with Crippen LogP contribution in [0.4, 0.5) is 0 Å². The van der Waals surface area contributed by atoms with E-state index < -0.39 is 6.04 Å². The first-order valence-electron chi connectivity index (χ1n) is 10.0. The lowest BCUT2D eigenvalue weighted by Crippen LogP contribution is -2.50. The summed E-state index contributed by atoms with van der Waals surface area (Å²) in [6.45, 7) is 7.85. The molecule has 1 amide bonds. The molecule has 152 valence electrons. The predicted octanol–water partition coefficient (Wildman–Crippen LogP) is 3.16. The molecule has 1 heterocycles. The molecule has 1 aromatic heterocycles. The smallest absolute Gasteiger partial charge is 0.286 e. The zero-order chi connectivity index (χ0) is 19.6. The van der Waals surface area contributed by atoms with Gasteiger partial charge in [-0.15, -0.1) is 10.2 Å². The van der Waals surface area contributed by atoms with Crippen molar-refractivity contribution in [3.05, 3.63) is 5.89 Å². The molecule has 0 bridgehead atoms. The van der Waals surface area contributed by atoms with Crippen molar-refractivity contribution < 1.29 is 14.0 Å². The van der Waals surface area contributed by atoms with Crippen LogP contribution in [0.3, 0.4) is 0 Å². The van der Waals surface area contributed by atoms with E-state index in [2.05, 4.69) is 22.4 Å². The van der Waals surface area contributed by atoms with Crippen LogP contribution in [0.1, 0.15) is 70.0 Å². The van der Waals surface area contributed by atoms with Gasteiger partial charge in [0.05, 0.1) is 0 Å². The predicted molar refractivity (Wildman–Crippen MR) is 106 cm³/mol. The van der Waals surface area contributed by atoms with Crippen LogP contribution in [0.25, 0.3) is 0 Å². The number of thioether (sulfide) groups is 1. The third-order valence-corrected chi connectivity index (χ3v) is 5.71. The summed E-state index contributed by atoms with van der Waals surface area (Å²) in [5.74, 6) is 0.517. The zero-order valence-electron chi connectivity index (χ0n) is 16.6. The maximum atomic E-state index is 13.0. The fourth-order valence-electron chi connectivity index (χ4n) is 3.55. The van der Waals surface area contributed by atoms with Gasteiger partial charge in [-0.2, -0.15) is 0 Å². The van der Waals surface area contributed by atoms with Gasteiger partial charge in [0, 0.05) is 18.3 Å². The fourth-order valence-corrected chi connectivity index (χ4v) is 4.20. The topological polar surface area (TPSA) is 88.3 Å². The molecule has 27 heavy (non-hydrogen) atoms. The van der Waals surface area contributed by atoms with Gasteiger partial charge in [0.2, 0.25) is 12.2 Å². The van der Waals surface area contributed by atoms with Crippen LogP contribution in [0.2, 0.25) is 0 Å². The summed E-state index contributed by atoms with van der Waals surface area (Å²) in [7, 11) is 0. The molecule has 8 heteroatoms. The minimum atomic E-state index is -0.560. The van der Waals surface area contributed by atoms with Crippen molar-refractivity contribution in [1.82, 2.24) is 20.4 Å². The Labute approximate surface area is 166 Å². The van der Waals surface area contributed by atoms with Gasteiger partial charge in [-0.25, -0.2) is 0 Å². The van der Waals surface area contributed by atoms with E-state index in [1.807, 2.05) is 13.8 Å². The summed E-state index contributed by atoms with van der Waals surface area (Å²) in [6, 6.07) is -0.441. The van der Waals surface area contributed by atoms with E-state index in [0.29, 0.717) is 5.22 Å². The van der Waals surface area contributed by atoms with Crippen LogP contribution in [-0.4, -0.2) is 58.2 Å². The number of Topliss-reactive ketones (excluding diaryl/α,β-unsaturated/α-hetero) is 1. The largest absolute Gasteiger partial charge is 0.408 e. The molecule has 0 saturated heterocycles. The average Bonchev–Trinajstić information content (AvgIpc) is 3.14. The van der Waals surface area contributed by atoms with Gasteiger partial charge >= 0.3 is 0 Å². The van der Waals surface area contributed by atoms with Gasteiger partial charge in [0.25, 0.3) is 11.1 Å². The number of hydrogen-bond donors (Lipinski definition) is 1. The Kier molecular flexibility index (Phi) is 9.27. The number of amides is 1. The van der Waals surface area contributed by atoms with E-state index in [0.717, 1.165) is 57.4 Å². The van der Waals surface area contributed by atoms with Crippen molar-refractivity contribution in [2.45, 2.75) is 76.6 Å². The lowest BCUT2D eigenvalue weighted by molar-refractivity contribution is -0.123. The Morgan fingerprint density at radius 3 is 2.67 bits per heavy atom. The third kappa shape index (κ3) is 6.31. The molecule has 7 nitrogen and oxygen atoms in total. The maximum Gasteiger partial charge on any atom is 0.286 e. The van der Waals surface area contributed by atoms with Gasteiger partial charge in [-0.1, -0.05) is 51.8 Å². The van der Waals surface area contributed by atoms with E-state index in [4.69, 9.17) is 4.42 Å². The van der Waals surface area contributed by atoms with Crippen molar-refractivity contribution in [3.8, 4) is 0 Å². The Hall–Kier alpha value is -1.41. The lowest BCUT2D eigenvalue weighted by Gasteiger charge is -2.37. The highest BCUT2D eigenvalue weighted by Crippen LogP contribution is 2.27. The second-order valence-corrected chi connectivity index (χ2v) is 8.42. The molecule has 0 aromatic carbocycles. The highest BCUT2D eigenvalue weighted by Gasteiger charge is 2.36. The van der Waals surface area contributed by atoms with E-state index in [-0.39, 0.29) is 23.6 Å². The van der Waals surface area contributed by atoms with Crippen molar-refractivity contribution in [3.63, 3.8) is 0 Å². The number of rotatable bonds is 12. The van der Waals surface area contributed by atoms with Gasteiger partial charge in [0.15, 0.2) is 0 Å². The number of hydrogen-bond acceptors (Lipinski definition) is 7. The minimum absolute atomic E-state index is 0.000349. The van der Waals surface area contributed by atoms with E-state index >= 15 is 0 Å². The highest BCUT2D eigenvalue weighted by atomic mass is 32.2. The SMILES string of the molecule is CCCNCCSc1nnc(C(=O)[C@H](C(C)C)N(C=O)C2CCCCC2)o1. The summed E-state index contributed by atoms with van der Waals surface area (Å²) in [4.78, 5) is 26.5. The Morgan fingerprint density at radius 2 is 2.04 bits per heavy atom. The summed E-state index contributed by atoms with van der Waals surface area (Å²) in [5.41, 5.74) is 0. The number of ketones is 1. The molecule has 0 aliphatic heterocycles. The number of nitrogens with zero attached hydrogens (tertiary/aromatic N) is 3. The Bertz CT molecular complexity index is 587. The molecule has 0 spiro atoms. The summed E-state index contributed by atoms with van der Waals surface area (Å²) in [5, 5.41) is 11.6. The van der Waals surface area contributed by atoms with Crippen molar-refractivity contribution in [2.75, 3.05) is 18.8 Å². The monoisotopic (exact) mass is 396 g/mol. The molecule has 1 N–H and O–H groups in total. The van der Waals surface area contributed by atoms with Gasteiger partial charge in [0.1, 0.15) is 6.04 Å². The second kappa shape index (κ2) is 11.4. The quantitative estimate of drug-likeness (QED) is 0.251. The van der Waals surface area contributed by atoms with Crippen LogP contribution in [-0.2, 0) is 4.79 Å². The van der Waals surface area contributed by atoms with Gasteiger partial charge in [-0.3, -0.25) is 9.59 Å². The molecule has 1 aliphatic carbocycles. The standard InChI is InChI=1S/C19H32N4O3S/c1-4-10-20-11-12-27-19-22-21-18(26-19)17(25)16(14(2)3)23(13-24)15-8-6-5-7-9-15/h13-16,20H,4-12H2,1-3H3/t16-/m0/s1. The van der Waals surface area contributed by atoms with Crippen LogP contribution in [0.15, 0.2) is 9.64 Å². The molecule has 1 atom stereocenters. The lowest BCUT2D eigenvalue weighted by atomic mass is 9.90. The second-order valence-electron chi connectivity index (χ2n) is 7.37. The number of nitrogens with one attached hydrogen (secondary N) is 1. The molecule has 1 saturated carbocycles. The third-order valence-electron chi connectivity index (χ3n) is 4.89. The minimum Gasteiger partial charge on any atom is -0.408 e. The Balaban J connectivity index is 2.02. The molecular formula is C19H32N4O3S. The average molecular weight is 397 g/mol. The zero-order valence-corrected chi connectivity index (χ0v) is 17.5. The number of aromatic nitrogens is 2. The van der Waals surface area contributed by atoms with Crippen molar-refractivity contribution in [1.29, 1.82) is 0 Å². The fraction of sp³-hybridized carbons (Fsp3) is 0.789. The number of carbonyl (C=O) groups is 2. The van der Waals surface area contributed by atoms with Crippen LogP contribution >= 0.6 is 11.8 Å². The van der Waals surface area contributed by atoms with Crippen LogP contribution < -0.4 is 5.32 Å². The van der Waals surface area contributed by atoms with Crippen LogP contribution in [0.5, 0.6) is 0 Å². The van der Waals surface area contributed by atoms with Crippen molar-refractivity contribution >= 4 is 24.0 Å². The summed E-state index contributed by atoms with van der Waals surface area (Å²) in [6.07, 6.45) is 7.21. The first-order chi connectivity index (χ1) is 13.1. The van der Waals surface area contributed by atoms with E-state index in [1.165, 1.54) is 18.2 Å². The molecule has 1 fully saturated rings. The molecular weight excluding hydrogens is 364 g/mol. The highest BCUT2D eigenvalue weighted by molar-refractivity contribution is 7.99. The number of carbonyl (C=O) groups excluding carboxylic acids is 2. The van der Waals surface area contributed by atoms with E-state index in [1.54, 1.807) is 4.90 Å². The summed E-state index contributed by atoms with van der Waals surface area (Å²) >= 11 is 1.43. The normalized spacial score (nSPS) is 16.4.